The highest BCUT2D eigenvalue weighted by Crippen LogP contribution is 2.26. The fourth-order valence-electron chi connectivity index (χ4n) is 1.94. The third kappa shape index (κ3) is 3.22. The van der Waals surface area contributed by atoms with E-state index in [-0.39, 0.29) is 5.60 Å². The van der Waals surface area contributed by atoms with Gasteiger partial charge in [0.1, 0.15) is 0 Å². The second kappa shape index (κ2) is 5.09. The van der Waals surface area contributed by atoms with Crippen molar-refractivity contribution < 1.29 is 4.74 Å². The van der Waals surface area contributed by atoms with Crippen LogP contribution in [0.4, 0.5) is 5.69 Å². The molecule has 2 N–H and O–H groups in total. The normalized spacial score (nSPS) is 11.9. The van der Waals surface area contributed by atoms with E-state index in [2.05, 4.69) is 40.7 Å². The number of hydrogen-bond donors (Lipinski definition) is 1. The maximum atomic E-state index is 6.12. The average molecular weight is 235 g/mol. The van der Waals surface area contributed by atoms with Crippen molar-refractivity contribution >= 4 is 5.69 Å². The minimum absolute atomic E-state index is 0.0695. The standard InChI is InChI=1S/C15H25NO/c1-10-9-13(7-8-15(4,5)17-6)12(3)14(16)11(10)2/h9H,7-8,16H2,1-6H3. The zero-order valence-electron chi connectivity index (χ0n) is 12.0. The molecule has 17 heavy (non-hydrogen) atoms. The number of nitrogen functional groups attached to an aromatic ring is 1. The monoisotopic (exact) mass is 235 g/mol. The van der Waals surface area contributed by atoms with Gasteiger partial charge < -0.3 is 10.5 Å². The van der Waals surface area contributed by atoms with Gasteiger partial charge in [0, 0.05) is 12.8 Å². The molecule has 96 valence electrons. The predicted molar refractivity (Wildman–Crippen MR) is 74.5 cm³/mol. The summed E-state index contributed by atoms with van der Waals surface area (Å²) in [6, 6.07) is 2.26. The SMILES string of the molecule is COC(C)(C)CCc1cc(C)c(C)c(N)c1C. The molecule has 0 bridgehead atoms. The maximum Gasteiger partial charge on any atom is 0.0625 e. The summed E-state index contributed by atoms with van der Waals surface area (Å²) >= 11 is 0. The molecule has 1 rings (SSSR count). The van der Waals surface area contributed by atoms with Crippen LogP contribution in [0.5, 0.6) is 0 Å². The molecule has 0 atom stereocenters. The molecule has 0 aliphatic heterocycles. The second-order valence-electron chi connectivity index (χ2n) is 5.48. The van der Waals surface area contributed by atoms with Crippen LogP contribution in [-0.2, 0) is 11.2 Å². The van der Waals surface area contributed by atoms with Gasteiger partial charge in [0.2, 0.25) is 0 Å². The lowest BCUT2D eigenvalue weighted by Crippen LogP contribution is -2.23. The summed E-state index contributed by atoms with van der Waals surface area (Å²) in [5.41, 5.74) is 12.0. The van der Waals surface area contributed by atoms with Crippen molar-refractivity contribution in [3.63, 3.8) is 0 Å². The van der Waals surface area contributed by atoms with Crippen LogP contribution in [0.2, 0.25) is 0 Å². The lowest BCUT2D eigenvalue weighted by atomic mass is 9.92. The molecule has 0 aromatic heterocycles. The van der Waals surface area contributed by atoms with Crippen LogP contribution >= 0.6 is 0 Å². The van der Waals surface area contributed by atoms with Crippen molar-refractivity contribution in [3.8, 4) is 0 Å². The first-order valence-electron chi connectivity index (χ1n) is 6.19. The number of rotatable bonds is 4. The van der Waals surface area contributed by atoms with Crippen molar-refractivity contribution in [2.75, 3.05) is 12.8 Å². The van der Waals surface area contributed by atoms with Gasteiger partial charge >= 0.3 is 0 Å². The van der Waals surface area contributed by atoms with Crippen LogP contribution in [-0.4, -0.2) is 12.7 Å². The minimum atomic E-state index is -0.0695. The van der Waals surface area contributed by atoms with Gasteiger partial charge in [-0.25, -0.2) is 0 Å². The van der Waals surface area contributed by atoms with Gasteiger partial charge in [0.15, 0.2) is 0 Å². The number of nitrogens with two attached hydrogens (primary N) is 1. The number of anilines is 1. The van der Waals surface area contributed by atoms with E-state index < -0.39 is 0 Å². The Morgan fingerprint density at radius 1 is 1.18 bits per heavy atom. The molecule has 0 amide bonds. The Bertz CT molecular complexity index is 408. The Kier molecular flexibility index (Phi) is 4.21. The topological polar surface area (TPSA) is 35.2 Å². The quantitative estimate of drug-likeness (QED) is 0.810. The summed E-state index contributed by atoms with van der Waals surface area (Å²) in [4.78, 5) is 0. The summed E-state index contributed by atoms with van der Waals surface area (Å²) < 4.78 is 5.45. The van der Waals surface area contributed by atoms with E-state index in [9.17, 15) is 0 Å². The molecule has 1 aromatic rings. The zero-order chi connectivity index (χ0) is 13.2. The van der Waals surface area contributed by atoms with E-state index in [1.807, 2.05) is 0 Å². The fraction of sp³-hybridized carbons (Fsp3) is 0.600. The fourth-order valence-corrected chi connectivity index (χ4v) is 1.94. The molecule has 0 spiro atoms. The third-order valence-electron chi connectivity index (χ3n) is 3.82. The van der Waals surface area contributed by atoms with Gasteiger partial charge in [-0.3, -0.25) is 0 Å². The summed E-state index contributed by atoms with van der Waals surface area (Å²) in [7, 11) is 1.77. The third-order valence-corrected chi connectivity index (χ3v) is 3.82. The highest BCUT2D eigenvalue weighted by molar-refractivity contribution is 5.59. The molecule has 0 unspecified atom stereocenters. The zero-order valence-corrected chi connectivity index (χ0v) is 12.0. The Balaban J connectivity index is 2.93. The maximum absolute atomic E-state index is 6.12. The number of hydrogen-bond acceptors (Lipinski definition) is 2. The number of benzene rings is 1. The van der Waals surface area contributed by atoms with E-state index in [0.717, 1.165) is 18.5 Å². The molecule has 0 saturated carbocycles. The number of aryl methyl sites for hydroxylation is 2. The van der Waals surface area contributed by atoms with Crippen LogP contribution in [0.25, 0.3) is 0 Å². The van der Waals surface area contributed by atoms with E-state index >= 15 is 0 Å². The van der Waals surface area contributed by atoms with Crippen LogP contribution in [0, 0.1) is 20.8 Å². The van der Waals surface area contributed by atoms with Crippen LogP contribution < -0.4 is 5.73 Å². The van der Waals surface area contributed by atoms with E-state index in [4.69, 9.17) is 10.5 Å². The van der Waals surface area contributed by atoms with Gasteiger partial charge in [0.25, 0.3) is 0 Å². The van der Waals surface area contributed by atoms with Crippen LogP contribution in [0.3, 0.4) is 0 Å². The molecular formula is C15H25NO. The molecule has 0 aliphatic carbocycles. The second-order valence-corrected chi connectivity index (χ2v) is 5.48. The van der Waals surface area contributed by atoms with Gasteiger partial charge in [-0.15, -0.1) is 0 Å². The summed E-state index contributed by atoms with van der Waals surface area (Å²) in [5.74, 6) is 0. The Hall–Kier alpha value is -1.02. The van der Waals surface area contributed by atoms with Crippen LogP contribution in [0.1, 0.15) is 42.5 Å². The van der Waals surface area contributed by atoms with E-state index in [1.165, 1.54) is 22.3 Å². The minimum Gasteiger partial charge on any atom is -0.398 e. The molecule has 2 heteroatoms. The average Bonchev–Trinajstić information content (AvgIpc) is 2.29. The Labute approximate surface area is 105 Å². The number of methoxy groups -OCH3 is 1. The van der Waals surface area contributed by atoms with Gasteiger partial charge in [-0.05, 0) is 69.7 Å². The molecule has 1 aromatic carbocycles. The highest BCUT2D eigenvalue weighted by atomic mass is 16.5. The molecule has 0 fully saturated rings. The smallest absolute Gasteiger partial charge is 0.0625 e. The molecular weight excluding hydrogens is 210 g/mol. The van der Waals surface area contributed by atoms with Crippen molar-refractivity contribution in [3.05, 3.63) is 28.3 Å². The Morgan fingerprint density at radius 2 is 1.76 bits per heavy atom. The number of ether oxygens (including phenoxy) is 1. The van der Waals surface area contributed by atoms with Gasteiger partial charge in [-0.1, -0.05) is 6.07 Å². The van der Waals surface area contributed by atoms with E-state index in [0.29, 0.717) is 0 Å². The lowest BCUT2D eigenvalue weighted by Gasteiger charge is -2.23. The predicted octanol–water partition coefficient (Wildman–Crippen LogP) is 3.55. The van der Waals surface area contributed by atoms with Crippen molar-refractivity contribution in [2.45, 2.75) is 53.1 Å². The van der Waals surface area contributed by atoms with Gasteiger partial charge in [0.05, 0.1) is 5.60 Å². The van der Waals surface area contributed by atoms with Gasteiger partial charge in [-0.2, -0.15) is 0 Å². The first-order chi connectivity index (χ1) is 7.78. The largest absolute Gasteiger partial charge is 0.398 e. The van der Waals surface area contributed by atoms with E-state index in [1.54, 1.807) is 7.11 Å². The lowest BCUT2D eigenvalue weighted by molar-refractivity contribution is 0.0157. The Morgan fingerprint density at radius 3 is 2.29 bits per heavy atom. The van der Waals surface area contributed by atoms with Crippen molar-refractivity contribution in [1.82, 2.24) is 0 Å². The van der Waals surface area contributed by atoms with Crippen LogP contribution in [0.15, 0.2) is 6.07 Å². The summed E-state index contributed by atoms with van der Waals surface area (Å²) in [5, 5.41) is 0. The van der Waals surface area contributed by atoms with Crippen molar-refractivity contribution in [1.29, 1.82) is 0 Å². The first-order valence-corrected chi connectivity index (χ1v) is 6.19. The molecule has 0 radical (unpaired) electrons. The highest BCUT2D eigenvalue weighted by Gasteiger charge is 2.17. The summed E-state index contributed by atoms with van der Waals surface area (Å²) in [6.07, 6.45) is 2.02. The first kappa shape index (κ1) is 14.0. The summed E-state index contributed by atoms with van der Waals surface area (Å²) in [6.45, 7) is 10.5. The molecule has 0 aliphatic rings. The molecule has 0 heterocycles. The van der Waals surface area contributed by atoms with Crippen molar-refractivity contribution in [2.24, 2.45) is 0 Å². The molecule has 0 saturated heterocycles. The molecule has 2 nitrogen and oxygen atoms in total.